The van der Waals surface area contributed by atoms with Gasteiger partial charge in [-0.15, -0.1) is 0 Å². The quantitative estimate of drug-likeness (QED) is 0.672. The van der Waals surface area contributed by atoms with Crippen LogP contribution in [0.1, 0.15) is 52.9 Å². The van der Waals surface area contributed by atoms with Crippen molar-refractivity contribution in [2.75, 3.05) is 26.2 Å². The van der Waals surface area contributed by atoms with Crippen molar-refractivity contribution in [2.45, 2.75) is 58.9 Å². The highest BCUT2D eigenvalue weighted by atomic mass is 15.2. The molecule has 0 aliphatic heterocycles. The molecule has 0 heterocycles. The number of rotatable bonds is 7. The van der Waals surface area contributed by atoms with Gasteiger partial charge < -0.3 is 5.32 Å². The first-order chi connectivity index (χ1) is 7.74. The van der Waals surface area contributed by atoms with Crippen LogP contribution in [0.2, 0.25) is 0 Å². The van der Waals surface area contributed by atoms with Gasteiger partial charge in [0.15, 0.2) is 0 Å². The van der Waals surface area contributed by atoms with Crippen molar-refractivity contribution in [3.8, 4) is 0 Å². The molecule has 1 N–H and O–H groups in total. The van der Waals surface area contributed by atoms with Crippen molar-refractivity contribution in [1.29, 1.82) is 0 Å². The molecule has 1 aliphatic carbocycles. The van der Waals surface area contributed by atoms with E-state index in [0.29, 0.717) is 6.04 Å². The number of hydrogen-bond donors (Lipinski definition) is 1. The van der Waals surface area contributed by atoms with E-state index in [-0.39, 0.29) is 0 Å². The summed E-state index contributed by atoms with van der Waals surface area (Å²) < 4.78 is 0. The molecule has 0 spiro atoms. The lowest BCUT2D eigenvalue weighted by Gasteiger charge is -2.26. The monoisotopic (exact) mass is 226 g/mol. The second-order valence-corrected chi connectivity index (χ2v) is 5.43. The summed E-state index contributed by atoms with van der Waals surface area (Å²) in [6.07, 6.45) is 7.29. The van der Waals surface area contributed by atoms with Crippen molar-refractivity contribution >= 4 is 0 Å². The third kappa shape index (κ3) is 5.31. The molecule has 0 bridgehead atoms. The molecule has 96 valence electrons. The lowest BCUT2D eigenvalue weighted by atomic mass is 9.89. The summed E-state index contributed by atoms with van der Waals surface area (Å²) in [5.74, 6) is 0.961. The molecule has 0 radical (unpaired) electrons. The Labute approximate surface area is 102 Å². The van der Waals surface area contributed by atoms with E-state index < -0.39 is 0 Å². The van der Waals surface area contributed by atoms with Crippen molar-refractivity contribution in [1.82, 2.24) is 10.2 Å². The standard InChI is InChI=1S/C14H30N2/c1-4-16(13(2)3)11-10-15-12-14-8-6-5-7-9-14/h13-15H,4-12H2,1-3H3. The minimum absolute atomic E-state index is 0.682. The van der Waals surface area contributed by atoms with Crippen molar-refractivity contribution in [3.05, 3.63) is 0 Å². The summed E-state index contributed by atoms with van der Waals surface area (Å²) >= 11 is 0. The van der Waals surface area contributed by atoms with Crippen LogP contribution in [0, 0.1) is 5.92 Å². The first-order valence-corrected chi connectivity index (χ1v) is 7.18. The van der Waals surface area contributed by atoms with Crippen LogP contribution >= 0.6 is 0 Å². The summed E-state index contributed by atoms with van der Waals surface area (Å²) in [7, 11) is 0. The van der Waals surface area contributed by atoms with Gasteiger partial charge in [-0.1, -0.05) is 26.2 Å². The molecule has 16 heavy (non-hydrogen) atoms. The Kier molecular flexibility index (Phi) is 7.06. The highest BCUT2D eigenvalue weighted by Crippen LogP contribution is 2.22. The van der Waals surface area contributed by atoms with Gasteiger partial charge >= 0.3 is 0 Å². The summed E-state index contributed by atoms with van der Waals surface area (Å²) in [4.78, 5) is 2.52. The van der Waals surface area contributed by atoms with E-state index in [4.69, 9.17) is 0 Å². The van der Waals surface area contributed by atoms with Crippen molar-refractivity contribution < 1.29 is 0 Å². The van der Waals surface area contributed by atoms with E-state index in [2.05, 4.69) is 31.0 Å². The molecule has 0 aromatic carbocycles. The molecule has 0 aromatic heterocycles. The highest BCUT2D eigenvalue weighted by molar-refractivity contribution is 4.69. The van der Waals surface area contributed by atoms with E-state index in [1.54, 1.807) is 0 Å². The molecule has 1 aliphatic rings. The van der Waals surface area contributed by atoms with Gasteiger partial charge in [-0.2, -0.15) is 0 Å². The van der Waals surface area contributed by atoms with Crippen LogP contribution in [-0.4, -0.2) is 37.1 Å². The van der Waals surface area contributed by atoms with Gasteiger partial charge in [0.05, 0.1) is 0 Å². The summed E-state index contributed by atoms with van der Waals surface area (Å²) in [5, 5.41) is 3.63. The third-order valence-corrected chi connectivity index (χ3v) is 3.87. The minimum Gasteiger partial charge on any atom is -0.315 e. The maximum Gasteiger partial charge on any atom is 0.0109 e. The molecule has 0 aromatic rings. The largest absolute Gasteiger partial charge is 0.315 e. The van der Waals surface area contributed by atoms with Crippen molar-refractivity contribution in [2.24, 2.45) is 5.92 Å². The van der Waals surface area contributed by atoms with Gasteiger partial charge in [0, 0.05) is 19.1 Å². The molecule has 2 nitrogen and oxygen atoms in total. The fourth-order valence-electron chi connectivity index (χ4n) is 2.70. The zero-order valence-corrected chi connectivity index (χ0v) is 11.5. The van der Waals surface area contributed by atoms with Crippen LogP contribution in [0.3, 0.4) is 0 Å². The lowest BCUT2D eigenvalue weighted by Crippen LogP contribution is -2.38. The number of nitrogens with one attached hydrogen (secondary N) is 1. The molecule has 0 saturated heterocycles. The van der Waals surface area contributed by atoms with Crippen LogP contribution < -0.4 is 5.32 Å². The van der Waals surface area contributed by atoms with Crippen LogP contribution in [0.5, 0.6) is 0 Å². The molecular formula is C14H30N2. The molecule has 1 saturated carbocycles. The van der Waals surface area contributed by atoms with Gasteiger partial charge in [0.25, 0.3) is 0 Å². The average molecular weight is 226 g/mol. The number of likely N-dealkylation sites (N-methyl/N-ethyl adjacent to an activating group) is 1. The van der Waals surface area contributed by atoms with Crippen LogP contribution in [0.25, 0.3) is 0 Å². The van der Waals surface area contributed by atoms with Crippen LogP contribution in [0.4, 0.5) is 0 Å². The van der Waals surface area contributed by atoms with E-state index >= 15 is 0 Å². The Hall–Kier alpha value is -0.0800. The van der Waals surface area contributed by atoms with Gasteiger partial charge in [-0.25, -0.2) is 0 Å². The predicted molar refractivity (Wildman–Crippen MR) is 71.8 cm³/mol. The molecule has 0 unspecified atom stereocenters. The molecule has 1 fully saturated rings. The number of hydrogen-bond acceptors (Lipinski definition) is 2. The SMILES string of the molecule is CCN(CCNCC1CCCCC1)C(C)C. The smallest absolute Gasteiger partial charge is 0.0109 e. The lowest BCUT2D eigenvalue weighted by molar-refractivity contribution is 0.230. The predicted octanol–water partition coefficient (Wildman–Crippen LogP) is 2.89. The van der Waals surface area contributed by atoms with Gasteiger partial charge in [0.2, 0.25) is 0 Å². The maximum absolute atomic E-state index is 3.63. The van der Waals surface area contributed by atoms with Gasteiger partial charge in [0.1, 0.15) is 0 Å². The zero-order valence-electron chi connectivity index (χ0n) is 11.5. The highest BCUT2D eigenvalue weighted by Gasteiger charge is 2.12. The Morgan fingerprint density at radius 1 is 1.19 bits per heavy atom. The number of nitrogens with zero attached hydrogens (tertiary/aromatic N) is 1. The summed E-state index contributed by atoms with van der Waals surface area (Å²) in [6, 6.07) is 0.682. The van der Waals surface area contributed by atoms with E-state index in [1.807, 2.05) is 0 Å². The Morgan fingerprint density at radius 2 is 1.88 bits per heavy atom. The maximum atomic E-state index is 3.63. The van der Waals surface area contributed by atoms with Gasteiger partial charge in [-0.05, 0) is 45.7 Å². The summed E-state index contributed by atoms with van der Waals surface area (Å²) in [6.45, 7) is 11.6. The minimum atomic E-state index is 0.682. The van der Waals surface area contributed by atoms with Crippen LogP contribution in [0.15, 0.2) is 0 Å². The van der Waals surface area contributed by atoms with Crippen LogP contribution in [-0.2, 0) is 0 Å². The molecule has 2 heteroatoms. The fourth-order valence-corrected chi connectivity index (χ4v) is 2.70. The Morgan fingerprint density at radius 3 is 2.44 bits per heavy atom. The summed E-state index contributed by atoms with van der Waals surface area (Å²) in [5.41, 5.74) is 0. The normalized spacial score (nSPS) is 18.6. The topological polar surface area (TPSA) is 15.3 Å². The first-order valence-electron chi connectivity index (χ1n) is 7.18. The van der Waals surface area contributed by atoms with E-state index in [1.165, 1.54) is 51.7 Å². The second kappa shape index (κ2) is 8.08. The van der Waals surface area contributed by atoms with Gasteiger partial charge in [-0.3, -0.25) is 4.90 Å². The zero-order chi connectivity index (χ0) is 11.8. The molecular weight excluding hydrogens is 196 g/mol. The first kappa shape index (κ1) is 14.0. The molecule has 1 rings (SSSR count). The average Bonchev–Trinajstić information content (AvgIpc) is 2.30. The van der Waals surface area contributed by atoms with Crippen molar-refractivity contribution in [3.63, 3.8) is 0 Å². The Balaban J connectivity index is 2.01. The molecule has 0 atom stereocenters. The Bertz CT molecular complexity index is 162. The second-order valence-electron chi connectivity index (χ2n) is 5.43. The van der Waals surface area contributed by atoms with E-state index in [9.17, 15) is 0 Å². The molecule has 0 amide bonds. The third-order valence-electron chi connectivity index (χ3n) is 3.87. The fraction of sp³-hybridized carbons (Fsp3) is 1.00. The van der Waals surface area contributed by atoms with E-state index in [0.717, 1.165) is 12.5 Å².